The zero-order valence-electron chi connectivity index (χ0n) is 25.7. The van der Waals surface area contributed by atoms with E-state index < -0.39 is 23.0 Å². The summed E-state index contributed by atoms with van der Waals surface area (Å²) in [4.78, 5) is 42.9. The van der Waals surface area contributed by atoms with Gasteiger partial charge in [-0.2, -0.15) is 0 Å². The lowest BCUT2D eigenvalue weighted by atomic mass is 9.99. The zero-order chi connectivity index (χ0) is 32.2. The molecule has 0 fully saturated rings. The lowest BCUT2D eigenvalue weighted by Gasteiger charge is -2.18. The number of fused-ring (bicyclic) bond motifs is 1. The predicted molar refractivity (Wildman–Crippen MR) is 177 cm³/mol. The van der Waals surface area contributed by atoms with E-state index in [0.717, 1.165) is 21.6 Å². The highest BCUT2D eigenvalue weighted by molar-refractivity contribution is 7.22. The van der Waals surface area contributed by atoms with Crippen LogP contribution in [0.15, 0.2) is 83.8 Å². The number of halogens is 2. The Kier molecular flexibility index (Phi) is 9.70. The topological polar surface area (TPSA) is 71.4 Å². The number of nitrogens with zero attached hydrogens (tertiary/aromatic N) is 2. The van der Waals surface area contributed by atoms with Gasteiger partial charge in [-0.3, -0.25) is 19.3 Å². The van der Waals surface area contributed by atoms with Crippen LogP contribution in [-0.2, 0) is 24.4 Å². The maximum absolute atomic E-state index is 14.9. The number of hydrogen-bond donors (Lipinski definition) is 1. The molecule has 0 bridgehead atoms. The molecule has 0 aliphatic heterocycles. The molecule has 0 spiro atoms. The highest BCUT2D eigenvalue weighted by Crippen LogP contribution is 2.39. The summed E-state index contributed by atoms with van der Waals surface area (Å²) in [6.07, 6.45) is 1.79. The largest absolute Gasteiger partial charge is 0.334 e. The number of carbonyl (C=O) groups excluding carboxylic acids is 2. The van der Waals surface area contributed by atoms with Crippen LogP contribution in [0, 0.1) is 17.6 Å². The third-order valence-corrected chi connectivity index (χ3v) is 8.98. The number of aromatic nitrogens is 1. The van der Waals surface area contributed by atoms with Gasteiger partial charge in [-0.25, -0.2) is 8.78 Å². The van der Waals surface area contributed by atoms with Gasteiger partial charge < -0.3 is 9.88 Å². The van der Waals surface area contributed by atoms with E-state index >= 15 is 0 Å². The van der Waals surface area contributed by atoms with Gasteiger partial charge in [-0.05, 0) is 48.0 Å². The Morgan fingerprint density at radius 3 is 2.20 bits per heavy atom. The second kappa shape index (κ2) is 13.7. The molecule has 5 rings (SSSR count). The van der Waals surface area contributed by atoms with Crippen molar-refractivity contribution in [3.63, 3.8) is 0 Å². The first kappa shape index (κ1) is 31.9. The van der Waals surface area contributed by atoms with E-state index in [1.807, 2.05) is 49.5 Å². The molecule has 0 unspecified atom stereocenters. The predicted octanol–water partition coefficient (Wildman–Crippen LogP) is 7.88. The van der Waals surface area contributed by atoms with Crippen molar-refractivity contribution in [1.29, 1.82) is 0 Å². The number of anilines is 1. The Balaban J connectivity index is 1.73. The van der Waals surface area contributed by atoms with Crippen LogP contribution in [0.25, 0.3) is 20.7 Å². The number of Topliss-reactive ketones (excluding diaryl/α,β-unsaturated/α-hetero) is 1. The molecule has 1 amide bonds. The average molecular weight is 628 g/mol. The first-order valence-corrected chi connectivity index (χ1v) is 15.7. The minimum Gasteiger partial charge on any atom is -0.334 e. The van der Waals surface area contributed by atoms with E-state index in [2.05, 4.69) is 10.2 Å². The van der Waals surface area contributed by atoms with Crippen molar-refractivity contribution in [2.75, 3.05) is 12.4 Å². The monoisotopic (exact) mass is 627 g/mol. The Morgan fingerprint density at radius 2 is 1.58 bits per heavy atom. The Bertz CT molecular complexity index is 1890. The maximum Gasteiger partial charge on any atom is 0.224 e. The van der Waals surface area contributed by atoms with Crippen molar-refractivity contribution >= 4 is 38.9 Å². The molecule has 3 aromatic carbocycles. The number of ketones is 1. The van der Waals surface area contributed by atoms with Crippen LogP contribution in [0.2, 0.25) is 0 Å². The second-order valence-electron chi connectivity index (χ2n) is 11.4. The molecule has 5 aromatic rings. The average Bonchev–Trinajstić information content (AvgIpc) is 3.40. The van der Waals surface area contributed by atoms with Gasteiger partial charge in [0, 0.05) is 47.8 Å². The standard InChI is InChI=1S/C36H35F2N3O3S/c1-5-31(42)39-25-16-14-24(15-17-25)35-27(19-40(4)18-23-10-7-6-8-11-23)32-34(44)28(33(43)22(2)3)21-41(36(32)45-35)20-26-29(37)12-9-13-30(26)38/h6-17,21-22H,5,18-20H2,1-4H3,(H,39,42). The van der Waals surface area contributed by atoms with Crippen LogP contribution < -0.4 is 10.7 Å². The molecule has 0 aliphatic rings. The number of pyridine rings is 1. The maximum atomic E-state index is 14.9. The van der Waals surface area contributed by atoms with Crippen LogP contribution in [0.3, 0.4) is 0 Å². The molecule has 232 valence electrons. The fourth-order valence-corrected chi connectivity index (χ4v) is 6.60. The number of benzene rings is 3. The summed E-state index contributed by atoms with van der Waals surface area (Å²) >= 11 is 1.34. The molecule has 9 heteroatoms. The molecule has 2 heterocycles. The van der Waals surface area contributed by atoms with Crippen molar-refractivity contribution in [2.45, 2.75) is 46.8 Å². The molecular weight excluding hydrogens is 592 g/mol. The van der Waals surface area contributed by atoms with Crippen molar-refractivity contribution in [3.8, 4) is 10.4 Å². The van der Waals surface area contributed by atoms with Crippen molar-refractivity contribution < 1.29 is 18.4 Å². The van der Waals surface area contributed by atoms with Crippen LogP contribution >= 0.6 is 11.3 Å². The van der Waals surface area contributed by atoms with Crippen molar-refractivity contribution in [2.24, 2.45) is 5.92 Å². The van der Waals surface area contributed by atoms with Crippen LogP contribution in [0.4, 0.5) is 14.5 Å². The summed E-state index contributed by atoms with van der Waals surface area (Å²) in [5.41, 5.74) is 2.72. The molecule has 0 atom stereocenters. The summed E-state index contributed by atoms with van der Waals surface area (Å²) in [5, 5.41) is 3.21. The third kappa shape index (κ3) is 6.95. The Morgan fingerprint density at radius 1 is 0.911 bits per heavy atom. The van der Waals surface area contributed by atoms with E-state index in [-0.39, 0.29) is 29.4 Å². The summed E-state index contributed by atoms with van der Waals surface area (Å²) < 4.78 is 31.4. The Labute approximate surface area is 264 Å². The molecular formula is C36H35F2N3O3S. The highest BCUT2D eigenvalue weighted by Gasteiger charge is 2.26. The van der Waals surface area contributed by atoms with E-state index in [4.69, 9.17) is 0 Å². The van der Waals surface area contributed by atoms with E-state index in [9.17, 15) is 23.2 Å². The van der Waals surface area contributed by atoms with Gasteiger partial charge in [0.25, 0.3) is 0 Å². The lowest BCUT2D eigenvalue weighted by Crippen LogP contribution is -2.24. The SMILES string of the molecule is CCC(=O)Nc1ccc(-c2sc3c(c2CN(C)Cc2ccccc2)c(=O)c(C(=O)C(C)C)cn3Cc2c(F)cccc2F)cc1. The van der Waals surface area contributed by atoms with E-state index in [0.29, 0.717) is 35.4 Å². The van der Waals surface area contributed by atoms with Crippen molar-refractivity contribution in [1.82, 2.24) is 9.47 Å². The summed E-state index contributed by atoms with van der Waals surface area (Å²) in [6, 6.07) is 21.0. The van der Waals surface area contributed by atoms with Crippen molar-refractivity contribution in [3.05, 3.63) is 123 Å². The normalized spacial score (nSPS) is 11.5. The van der Waals surface area contributed by atoms with Crippen LogP contribution in [-0.4, -0.2) is 28.2 Å². The highest BCUT2D eigenvalue weighted by atomic mass is 32.1. The van der Waals surface area contributed by atoms with Crippen LogP contribution in [0.5, 0.6) is 0 Å². The van der Waals surface area contributed by atoms with Gasteiger partial charge >= 0.3 is 0 Å². The van der Waals surface area contributed by atoms with Gasteiger partial charge in [0.15, 0.2) is 5.78 Å². The zero-order valence-corrected chi connectivity index (χ0v) is 26.5. The van der Waals surface area contributed by atoms with Gasteiger partial charge in [-0.15, -0.1) is 11.3 Å². The minimum absolute atomic E-state index is 0.0109. The number of amides is 1. The smallest absolute Gasteiger partial charge is 0.224 e. The minimum atomic E-state index is -0.706. The second-order valence-corrected chi connectivity index (χ2v) is 12.4. The Hall–Kier alpha value is -4.47. The number of hydrogen-bond acceptors (Lipinski definition) is 5. The summed E-state index contributed by atoms with van der Waals surface area (Å²) in [5.74, 6) is -2.31. The molecule has 45 heavy (non-hydrogen) atoms. The molecule has 0 saturated heterocycles. The quantitative estimate of drug-likeness (QED) is 0.151. The molecule has 1 N–H and O–H groups in total. The van der Waals surface area contributed by atoms with Gasteiger partial charge in [0.05, 0.1) is 17.5 Å². The number of thiophene rings is 1. The summed E-state index contributed by atoms with van der Waals surface area (Å²) in [6.45, 7) is 6.01. The number of carbonyl (C=O) groups is 2. The van der Waals surface area contributed by atoms with Crippen LogP contribution in [0.1, 0.15) is 54.2 Å². The first-order chi connectivity index (χ1) is 21.6. The number of rotatable bonds is 11. The third-order valence-electron chi connectivity index (χ3n) is 7.66. The summed E-state index contributed by atoms with van der Waals surface area (Å²) in [7, 11) is 1.96. The molecule has 6 nitrogen and oxygen atoms in total. The van der Waals surface area contributed by atoms with E-state index in [1.165, 1.54) is 35.7 Å². The first-order valence-electron chi connectivity index (χ1n) is 14.9. The molecule has 0 aliphatic carbocycles. The molecule has 2 aromatic heterocycles. The molecule has 0 radical (unpaired) electrons. The van der Waals surface area contributed by atoms with E-state index in [1.54, 1.807) is 37.5 Å². The van der Waals surface area contributed by atoms with Gasteiger partial charge in [0.2, 0.25) is 11.3 Å². The fourth-order valence-electron chi connectivity index (χ4n) is 5.31. The van der Waals surface area contributed by atoms with Gasteiger partial charge in [0.1, 0.15) is 16.5 Å². The fraction of sp³-hybridized carbons (Fsp3) is 0.250. The molecule has 0 saturated carbocycles. The number of nitrogens with one attached hydrogen (secondary N) is 1. The lowest BCUT2D eigenvalue weighted by molar-refractivity contribution is -0.115. The van der Waals surface area contributed by atoms with Gasteiger partial charge in [-0.1, -0.05) is 69.3 Å².